The van der Waals surface area contributed by atoms with Crippen molar-refractivity contribution in [2.24, 2.45) is 5.73 Å². The Morgan fingerprint density at radius 3 is 2.89 bits per heavy atom. The van der Waals surface area contributed by atoms with Gasteiger partial charge in [-0.1, -0.05) is 29.9 Å². The van der Waals surface area contributed by atoms with E-state index >= 15 is 0 Å². The standard InChI is InChI=1S/C13H15ClN2O2S/c14-9-2-1-3-10(12(9)13(15)19)18-7-6-11(17)16-8-4-5-8/h1-3,8H,4-7H2,(H2,15,19)(H,16,17). The fourth-order valence-electron chi connectivity index (χ4n) is 1.64. The van der Waals surface area contributed by atoms with E-state index in [-0.39, 0.29) is 17.5 Å². The number of hydrogen-bond acceptors (Lipinski definition) is 3. The molecule has 4 nitrogen and oxygen atoms in total. The van der Waals surface area contributed by atoms with E-state index in [0.717, 1.165) is 12.8 Å². The molecule has 6 heteroatoms. The highest BCUT2D eigenvalue weighted by Crippen LogP contribution is 2.26. The summed E-state index contributed by atoms with van der Waals surface area (Å²) in [7, 11) is 0. The van der Waals surface area contributed by atoms with Crippen molar-refractivity contribution in [1.82, 2.24) is 5.32 Å². The Labute approximate surface area is 122 Å². The minimum absolute atomic E-state index is 0.00130. The molecule has 1 aliphatic carbocycles. The second kappa shape index (κ2) is 6.21. The van der Waals surface area contributed by atoms with E-state index in [1.165, 1.54) is 0 Å². The second-order valence-electron chi connectivity index (χ2n) is 4.42. The van der Waals surface area contributed by atoms with Gasteiger partial charge < -0.3 is 15.8 Å². The van der Waals surface area contributed by atoms with Gasteiger partial charge in [0.1, 0.15) is 10.7 Å². The third-order valence-electron chi connectivity index (χ3n) is 2.75. The first kappa shape index (κ1) is 14.1. The average molecular weight is 299 g/mol. The number of benzene rings is 1. The van der Waals surface area contributed by atoms with Crippen LogP contribution in [-0.2, 0) is 4.79 Å². The summed E-state index contributed by atoms with van der Waals surface area (Å²) in [6.45, 7) is 0.272. The molecule has 102 valence electrons. The van der Waals surface area contributed by atoms with Gasteiger partial charge in [0.15, 0.2) is 0 Å². The normalized spacial score (nSPS) is 13.9. The third-order valence-corrected chi connectivity index (χ3v) is 3.27. The van der Waals surface area contributed by atoms with Crippen molar-refractivity contribution < 1.29 is 9.53 Å². The Kier molecular flexibility index (Phi) is 4.61. The van der Waals surface area contributed by atoms with Crippen LogP contribution >= 0.6 is 23.8 Å². The van der Waals surface area contributed by atoms with Crippen LogP contribution in [0, 0.1) is 0 Å². The van der Waals surface area contributed by atoms with E-state index in [0.29, 0.717) is 28.8 Å². The Bertz CT molecular complexity index is 503. The van der Waals surface area contributed by atoms with Crippen molar-refractivity contribution in [1.29, 1.82) is 0 Å². The molecule has 0 bridgehead atoms. The van der Waals surface area contributed by atoms with Crippen LogP contribution in [0.3, 0.4) is 0 Å². The number of carbonyl (C=O) groups is 1. The summed E-state index contributed by atoms with van der Waals surface area (Å²) in [5, 5.41) is 3.34. The first-order valence-corrected chi connectivity index (χ1v) is 6.87. The van der Waals surface area contributed by atoms with Crippen molar-refractivity contribution in [3.05, 3.63) is 28.8 Å². The number of amides is 1. The number of carbonyl (C=O) groups excluding carboxylic acids is 1. The maximum Gasteiger partial charge on any atom is 0.223 e. The third kappa shape index (κ3) is 4.08. The van der Waals surface area contributed by atoms with E-state index < -0.39 is 0 Å². The van der Waals surface area contributed by atoms with Gasteiger partial charge in [0, 0.05) is 6.04 Å². The van der Waals surface area contributed by atoms with Gasteiger partial charge in [-0.15, -0.1) is 0 Å². The molecule has 0 atom stereocenters. The molecule has 1 aliphatic rings. The van der Waals surface area contributed by atoms with Gasteiger partial charge in [-0.2, -0.15) is 0 Å². The Morgan fingerprint density at radius 1 is 1.53 bits per heavy atom. The maximum absolute atomic E-state index is 11.5. The molecular weight excluding hydrogens is 284 g/mol. The summed E-state index contributed by atoms with van der Waals surface area (Å²) in [5.41, 5.74) is 6.12. The fraction of sp³-hybridized carbons (Fsp3) is 0.385. The van der Waals surface area contributed by atoms with Gasteiger partial charge in [0.05, 0.1) is 23.6 Å². The minimum Gasteiger partial charge on any atom is -0.492 e. The van der Waals surface area contributed by atoms with E-state index in [2.05, 4.69) is 5.32 Å². The Hall–Kier alpha value is -1.33. The zero-order valence-corrected chi connectivity index (χ0v) is 11.9. The largest absolute Gasteiger partial charge is 0.492 e. The van der Waals surface area contributed by atoms with Crippen LogP contribution in [0.2, 0.25) is 5.02 Å². The first-order chi connectivity index (χ1) is 9.08. The van der Waals surface area contributed by atoms with Crippen LogP contribution < -0.4 is 15.8 Å². The summed E-state index contributed by atoms with van der Waals surface area (Å²) < 4.78 is 5.54. The van der Waals surface area contributed by atoms with Crippen LogP contribution in [0.1, 0.15) is 24.8 Å². The molecule has 0 aliphatic heterocycles. The first-order valence-electron chi connectivity index (χ1n) is 6.08. The van der Waals surface area contributed by atoms with Crippen LogP contribution in [-0.4, -0.2) is 23.5 Å². The van der Waals surface area contributed by atoms with Gasteiger partial charge in [-0.3, -0.25) is 4.79 Å². The molecule has 0 spiro atoms. The van der Waals surface area contributed by atoms with Gasteiger partial charge in [-0.05, 0) is 25.0 Å². The van der Waals surface area contributed by atoms with Crippen molar-refractivity contribution in [3.8, 4) is 5.75 Å². The lowest BCUT2D eigenvalue weighted by Crippen LogP contribution is -2.26. The molecule has 1 aromatic rings. The number of thiocarbonyl (C=S) groups is 1. The number of rotatable bonds is 6. The molecule has 1 amide bonds. The predicted molar refractivity (Wildman–Crippen MR) is 78.6 cm³/mol. The summed E-state index contributed by atoms with van der Waals surface area (Å²) in [6.07, 6.45) is 2.46. The molecule has 1 saturated carbocycles. The lowest BCUT2D eigenvalue weighted by atomic mass is 10.2. The monoisotopic (exact) mass is 298 g/mol. The molecule has 0 unspecified atom stereocenters. The second-order valence-corrected chi connectivity index (χ2v) is 5.26. The molecule has 19 heavy (non-hydrogen) atoms. The lowest BCUT2D eigenvalue weighted by Gasteiger charge is -2.11. The summed E-state index contributed by atoms with van der Waals surface area (Å²) in [4.78, 5) is 11.7. The zero-order chi connectivity index (χ0) is 13.8. The van der Waals surface area contributed by atoms with Crippen molar-refractivity contribution in [3.63, 3.8) is 0 Å². The van der Waals surface area contributed by atoms with Gasteiger partial charge in [0.2, 0.25) is 5.91 Å². The topological polar surface area (TPSA) is 64.3 Å². The van der Waals surface area contributed by atoms with Crippen molar-refractivity contribution in [2.45, 2.75) is 25.3 Å². The molecule has 1 fully saturated rings. The van der Waals surface area contributed by atoms with E-state index in [1.54, 1.807) is 18.2 Å². The molecule has 0 saturated heterocycles. The number of nitrogens with one attached hydrogen (secondary N) is 1. The van der Waals surface area contributed by atoms with Crippen LogP contribution in [0.25, 0.3) is 0 Å². The van der Waals surface area contributed by atoms with Gasteiger partial charge >= 0.3 is 0 Å². The molecular formula is C13H15ClN2O2S. The number of hydrogen-bond donors (Lipinski definition) is 2. The SMILES string of the molecule is NC(=S)c1c(Cl)cccc1OCCC(=O)NC1CC1. The van der Waals surface area contributed by atoms with Crippen LogP contribution in [0.5, 0.6) is 5.75 Å². The summed E-state index contributed by atoms with van der Waals surface area (Å²) >= 11 is 11.0. The Balaban J connectivity index is 1.89. The zero-order valence-electron chi connectivity index (χ0n) is 10.3. The van der Waals surface area contributed by atoms with Crippen LogP contribution in [0.15, 0.2) is 18.2 Å². The summed E-state index contributed by atoms with van der Waals surface area (Å²) in [5.74, 6) is 0.514. The average Bonchev–Trinajstić information content (AvgIpc) is 3.12. The fourth-order valence-corrected chi connectivity index (χ4v) is 2.18. The highest BCUT2D eigenvalue weighted by atomic mass is 35.5. The summed E-state index contributed by atoms with van der Waals surface area (Å²) in [6, 6.07) is 5.55. The lowest BCUT2D eigenvalue weighted by molar-refractivity contribution is -0.121. The van der Waals surface area contributed by atoms with Gasteiger partial charge in [0.25, 0.3) is 0 Å². The predicted octanol–water partition coefficient (Wildman–Crippen LogP) is 2.02. The molecule has 0 heterocycles. The molecule has 0 aromatic heterocycles. The molecule has 2 rings (SSSR count). The molecule has 0 radical (unpaired) electrons. The quantitative estimate of drug-likeness (QED) is 0.789. The van der Waals surface area contributed by atoms with Gasteiger partial charge in [-0.25, -0.2) is 0 Å². The van der Waals surface area contributed by atoms with E-state index in [9.17, 15) is 4.79 Å². The van der Waals surface area contributed by atoms with Crippen molar-refractivity contribution in [2.75, 3.05) is 6.61 Å². The maximum atomic E-state index is 11.5. The Morgan fingerprint density at radius 2 is 2.26 bits per heavy atom. The highest BCUT2D eigenvalue weighted by Gasteiger charge is 2.23. The van der Waals surface area contributed by atoms with Crippen molar-refractivity contribution >= 4 is 34.7 Å². The number of nitrogens with two attached hydrogens (primary N) is 1. The van der Waals surface area contributed by atoms with Crippen LogP contribution in [0.4, 0.5) is 0 Å². The minimum atomic E-state index is 0.00130. The number of halogens is 1. The van der Waals surface area contributed by atoms with E-state index in [1.807, 2.05) is 0 Å². The highest BCUT2D eigenvalue weighted by molar-refractivity contribution is 7.80. The smallest absolute Gasteiger partial charge is 0.223 e. The van der Waals surface area contributed by atoms with E-state index in [4.69, 9.17) is 34.3 Å². The molecule has 1 aromatic carbocycles. The number of ether oxygens (including phenoxy) is 1. The molecule has 3 N–H and O–H groups in total.